The molecule has 26 heavy (non-hydrogen) atoms. The summed E-state index contributed by atoms with van der Waals surface area (Å²) < 4.78 is 4.68. The molecule has 0 radical (unpaired) electrons. The normalized spacial score (nSPS) is 21.3. The van der Waals surface area contributed by atoms with E-state index in [9.17, 15) is 14.9 Å². The number of para-hydroxylation sites is 1. The van der Waals surface area contributed by atoms with Crippen molar-refractivity contribution in [2.24, 2.45) is 5.92 Å². The van der Waals surface area contributed by atoms with Gasteiger partial charge in [-0.15, -0.1) is 11.8 Å². The summed E-state index contributed by atoms with van der Waals surface area (Å²) in [5, 5.41) is 12.3. The molecule has 7 heteroatoms. The minimum atomic E-state index is -0.561. The fourth-order valence-electron chi connectivity index (χ4n) is 2.98. The van der Waals surface area contributed by atoms with Gasteiger partial charge in [-0.2, -0.15) is 5.26 Å². The van der Waals surface area contributed by atoms with Gasteiger partial charge in [0.1, 0.15) is 6.04 Å². The Labute approximate surface area is 158 Å². The number of hydrogen-bond acceptors (Lipinski definition) is 5. The summed E-state index contributed by atoms with van der Waals surface area (Å²) in [6.07, 6.45) is 0. The zero-order chi connectivity index (χ0) is 19.5. The van der Waals surface area contributed by atoms with Gasteiger partial charge >= 0.3 is 12.0 Å². The highest BCUT2D eigenvalue weighted by Gasteiger charge is 2.50. The molecule has 0 aliphatic carbocycles. The van der Waals surface area contributed by atoms with Crippen molar-refractivity contribution in [2.75, 3.05) is 11.9 Å². The molecule has 1 aliphatic heterocycles. The van der Waals surface area contributed by atoms with Crippen LogP contribution >= 0.6 is 11.8 Å². The molecule has 2 rings (SSSR count). The van der Waals surface area contributed by atoms with Gasteiger partial charge in [0.15, 0.2) is 0 Å². The lowest BCUT2D eigenvalue weighted by molar-refractivity contribution is 0.0527. The highest BCUT2D eigenvalue weighted by molar-refractivity contribution is 8.01. The molecule has 1 saturated heterocycles. The molecule has 1 aromatic rings. The molecule has 140 valence electrons. The summed E-state index contributed by atoms with van der Waals surface area (Å²) in [5.74, 6) is -0.305. The third-order valence-corrected chi connectivity index (χ3v) is 6.07. The van der Waals surface area contributed by atoms with E-state index in [4.69, 9.17) is 4.74 Å². The van der Waals surface area contributed by atoms with Crippen molar-refractivity contribution >= 4 is 29.4 Å². The number of ether oxygens (including phenoxy) is 1. The largest absolute Gasteiger partial charge is 0.462 e. The molecular formula is C19H25N3O3S. The third kappa shape index (κ3) is 3.96. The average molecular weight is 375 g/mol. The molecular weight excluding hydrogens is 350 g/mol. The van der Waals surface area contributed by atoms with Crippen molar-refractivity contribution in [1.29, 1.82) is 5.26 Å². The fourth-order valence-corrected chi connectivity index (χ4v) is 4.50. The first-order chi connectivity index (χ1) is 12.2. The van der Waals surface area contributed by atoms with Crippen molar-refractivity contribution in [3.8, 4) is 6.07 Å². The van der Waals surface area contributed by atoms with Gasteiger partial charge in [0.05, 0.1) is 29.3 Å². The van der Waals surface area contributed by atoms with Crippen LogP contribution in [0.5, 0.6) is 0 Å². The monoisotopic (exact) mass is 375 g/mol. The van der Waals surface area contributed by atoms with Gasteiger partial charge in [-0.3, -0.25) is 4.90 Å². The third-order valence-electron chi connectivity index (χ3n) is 4.23. The van der Waals surface area contributed by atoms with Crippen molar-refractivity contribution in [2.45, 2.75) is 50.8 Å². The Morgan fingerprint density at radius 2 is 2.04 bits per heavy atom. The van der Waals surface area contributed by atoms with E-state index in [0.717, 1.165) is 0 Å². The number of carbonyl (C=O) groups is 2. The summed E-state index contributed by atoms with van der Waals surface area (Å²) in [6, 6.07) is 8.04. The van der Waals surface area contributed by atoms with Gasteiger partial charge in [0.2, 0.25) is 0 Å². The van der Waals surface area contributed by atoms with Crippen LogP contribution in [0.4, 0.5) is 10.5 Å². The lowest BCUT2D eigenvalue weighted by atomic mass is 10.0. The highest BCUT2D eigenvalue weighted by Crippen LogP contribution is 2.46. The maximum absolute atomic E-state index is 13.0. The second-order valence-corrected chi connectivity index (χ2v) is 8.76. The van der Waals surface area contributed by atoms with Crippen LogP contribution in [-0.4, -0.2) is 39.7 Å². The first-order valence-electron chi connectivity index (χ1n) is 8.65. The SMILES string of the molecule is CCOC(=O)c1ccccc1NC(=O)N1C(C(C)C)SC(C)(C)C1C#N. The number of urea groups is 1. The number of carbonyl (C=O) groups excluding carboxylic acids is 2. The number of amides is 2. The molecule has 0 aromatic heterocycles. The lowest BCUT2D eigenvalue weighted by Crippen LogP contribution is -2.48. The van der Waals surface area contributed by atoms with Gasteiger partial charge in [-0.05, 0) is 38.8 Å². The number of benzene rings is 1. The molecule has 0 spiro atoms. The van der Waals surface area contributed by atoms with Crippen molar-refractivity contribution in [1.82, 2.24) is 4.90 Å². The molecule has 1 aromatic carbocycles. The molecule has 1 aliphatic rings. The van der Waals surface area contributed by atoms with Crippen LogP contribution in [0.3, 0.4) is 0 Å². The van der Waals surface area contributed by atoms with Crippen LogP contribution in [0.25, 0.3) is 0 Å². The quantitative estimate of drug-likeness (QED) is 0.801. The smallest absolute Gasteiger partial charge is 0.340 e. The molecule has 0 saturated carbocycles. The maximum Gasteiger partial charge on any atom is 0.340 e. The van der Waals surface area contributed by atoms with Gasteiger partial charge in [0, 0.05) is 4.75 Å². The second-order valence-electron chi connectivity index (χ2n) is 6.99. The zero-order valence-corrected chi connectivity index (χ0v) is 16.6. The molecule has 2 atom stereocenters. The first kappa shape index (κ1) is 20.1. The first-order valence-corrected chi connectivity index (χ1v) is 9.53. The summed E-state index contributed by atoms with van der Waals surface area (Å²) in [7, 11) is 0. The van der Waals surface area contributed by atoms with Crippen molar-refractivity contribution in [3.63, 3.8) is 0 Å². The molecule has 6 nitrogen and oxygen atoms in total. The van der Waals surface area contributed by atoms with E-state index < -0.39 is 12.0 Å². The second kappa shape index (κ2) is 8.00. The molecule has 2 amide bonds. The van der Waals surface area contributed by atoms with E-state index in [1.807, 2.05) is 27.7 Å². The Bertz CT molecular complexity index is 727. The zero-order valence-electron chi connectivity index (χ0n) is 15.8. The van der Waals surface area contributed by atoms with Crippen LogP contribution in [0.15, 0.2) is 24.3 Å². The van der Waals surface area contributed by atoms with E-state index >= 15 is 0 Å². The number of anilines is 1. The van der Waals surface area contributed by atoms with Crippen LogP contribution in [-0.2, 0) is 4.74 Å². The molecule has 2 unspecified atom stereocenters. The Kier molecular flexibility index (Phi) is 6.19. The van der Waals surface area contributed by atoms with E-state index in [2.05, 4.69) is 11.4 Å². The predicted octanol–water partition coefficient (Wildman–Crippen LogP) is 4.10. The summed E-state index contributed by atoms with van der Waals surface area (Å²) in [4.78, 5) is 26.7. The standard InChI is InChI=1S/C19H25N3O3S/c1-6-25-17(23)13-9-7-8-10-14(13)21-18(24)22-15(11-20)19(4,5)26-16(22)12(2)3/h7-10,12,15-16H,6H2,1-5H3,(H,21,24). The highest BCUT2D eigenvalue weighted by atomic mass is 32.2. The van der Waals surface area contributed by atoms with E-state index in [-0.39, 0.29) is 28.7 Å². The van der Waals surface area contributed by atoms with Crippen LogP contribution < -0.4 is 5.32 Å². The van der Waals surface area contributed by atoms with Crippen molar-refractivity contribution in [3.05, 3.63) is 29.8 Å². The molecule has 1 heterocycles. The van der Waals surface area contributed by atoms with Gasteiger partial charge < -0.3 is 10.1 Å². The number of nitriles is 1. The Balaban J connectivity index is 2.32. The number of nitrogens with zero attached hydrogens (tertiary/aromatic N) is 2. The Morgan fingerprint density at radius 1 is 1.38 bits per heavy atom. The summed E-state index contributed by atoms with van der Waals surface area (Å²) in [5.41, 5.74) is 0.674. The number of rotatable bonds is 4. The minimum Gasteiger partial charge on any atom is -0.462 e. The molecule has 1 N–H and O–H groups in total. The lowest BCUT2D eigenvalue weighted by Gasteiger charge is -2.30. The van der Waals surface area contributed by atoms with E-state index in [0.29, 0.717) is 11.3 Å². The van der Waals surface area contributed by atoms with Crippen LogP contribution in [0.1, 0.15) is 45.0 Å². The van der Waals surface area contributed by atoms with Crippen LogP contribution in [0.2, 0.25) is 0 Å². The Hall–Kier alpha value is -2.20. The summed E-state index contributed by atoms with van der Waals surface area (Å²) >= 11 is 1.63. The predicted molar refractivity (Wildman–Crippen MR) is 103 cm³/mol. The number of thioether (sulfide) groups is 1. The maximum atomic E-state index is 13.0. The number of hydrogen-bond donors (Lipinski definition) is 1. The van der Waals surface area contributed by atoms with Crippen LogP contribution in [0, 0.1) is 17.2 Å². The summed E-state index contributed by atoms with van der Waals surface area (Å²) in [6.45, 7) is 9.99. The minimum absolute atomic E-state index is 0.121. The average Bonchev–Trinajstić information content (AvgIpc) is 2.86. The van der Waals surface area contributed by atoms with Gasteiger partial charge in [0.25, 0.3) is 0 Å². The van der Waals surface area contributed by atoms with Gasteiger partial charge in [-0.1, -0.05) is 26.0 Å². The Morgan fingerprint density at radius 3 is 2.62 bits per heavy atom. The van der Waals surface area contributed by atoms with E-state index in [1.54, 1.807) is 47.9 Å². The molecule has 1 fully saturated rings. The fraction of sp³-hybridized carbons (Fsp3) is 0.526. The number of nitrogens with one attached hydrogen (secondary N) is 1. The van der Waals surface area contributed by atoms with Crippen molar-refractivity contribution < 1.29 is 14.3 Å². The topological polar surface area (TPSA) is 82.4 Å². The molecule has 0 bridgehead atoms. The van der Waals surface area contributed by atoms with E-state index in [1.165, 1.54) is 0 Å². The van der Waals surface area contributed by atoms with Gasteiger partial charge in [-0.25, -0.2) is 9.59 Å². The number of esters is 1.